The Morgan fingerprint density at radius 3 is 2.76 bits per heavy atom. The average molecular weight is 356 g/mol. The molecule has 2 atom stereocenters. The highest BCUT2D eigenvalue weighted by Gasteiger charge is 2.35. The van der Waals surface area contributed by atoms with Gasteiger partial charge in [-0.05, 0) is 55.0 Å². The summed E-state index contributed by atoms with van der Waals surface area (Å²) >= 11 is 1.78. The SMILES string of the molecule is N=C(C(=O)N[C@@H]1CN2CCC1CC2)c1cc(C2C=CSC2)ccc1N. The number of carbonyl (C=O) groups is 1. The molecule has 3 saturated heterocycles. The van der Waals surface area contributed by atoms with Crippen LogP contribution in [0.2, 0.25) is 0 Å². The van der Waals surface area contributed by atoms with E-state index in [1.807, 2.05) is 18.2 Å². The number of thioether (sulfide) groups is 1. The first-order chi connectivity index (χ1) is 12.1. The summed E-state index contributed by atoms with van der Waals surface area (Å²) in [4.78, 5) is 15.0. The van der Waals surface area contributed by atoms with Gasteiger partial charge in [0, 0.05) is 35.5 Å². The smallest absolute Gasteiger partial charge is 0.270 e. The van der Waals surface area contributed by atoms with Crippen molar-refractivity contribution in [1.29, 1.82) is 5.41 Å². The van der Waals surface area contributed by atoms with E-state index < -0.39 is 0 Å². The zero-order chi connectivity index (χ0) is 17.4. The third kappa shape index (κ3) is 3.33. The number of rotatable bonds is 4. The summed E-state index contributed by atoms with van der Waals surface area (Å²) in [5.74, 6) is 1.58. The normalized spacial score (nSPS) is 30.4. The van der Waals surface area contributed by atoms with Gasteiger partial charge in [0.1, 0.15) is 5.71 Å². The molecule has 5 nitrogen and oxygen atoms in total. The standard InChI is InChI=1S/C19H24N4OS/c20-16-2-1-13(14-5-8-25-11-14)9-15(16)18(21)19(24)22-17-10-23-6-3-12(17)4-7-23/h1-2,5,8-9,12,14,17,21H,3-4,6-7,10-11,20H2,(H,22,24)/t14?,17-/m1/s1. The molecule has 5 rings (SSSR count). The number of hydrogen-bond donors (Lipinski definition) is 3. The molecule has 0 spiro atoms. The molecule has 2 bridgehead atoms. The minimum Gasteiger partial charge on any atom is -0.398 e. The molecule has 1 amide bonds. The Labute approximate surface area is 152 Å². The lowest BCUT2D eigenvalue weighted by Crippen LogP contribution is -2.58. The summed E-state index contributed by atoms with van der Waals surface area (Å²) in [6.45, 7) is 3.18. The van der Waals surface area contributed by atoms with E-state index in [1.54, 1.807) is 11.8 Å². The van der Waals surface area contributed by atoms with E-state index in [9.17, 15) is 4.79 Å². The molecule has 4 aliphatic heterocycles. The highest BCUT2D eigenvalue weighted by molar-refractivity contribution is 8.02. The number of amides is 1. The van der Waals surface area contributed by atoms with Gasteiger partial charge in [0.15, 0.2) is 0 Å². The number of allylic oxidation sites excluding steroid dienone is 1. The largest absolute Gasteiger partial charge is 0.398 e. The van der Waals surface area contributed by atoms with Gasteiger partial charge >= 0.3 is 0 Å². The molecule has 1 unspecified atom stereocenters. The molecule has 1 aromatic carbocycles. The summed E-state index contributed by atoms with van der Waals surface area (Å²) in [6, 6.07) is 5.89. The summed E-state index contributed by atoms with van der Waals surface area (Å²) in [7, 11) is 0. The zero-order valence-corrected chi connectivity index (χ0v) is 15.0. The monoisotopic (exact) mass is 356 g/mol. The van der Waals surface area contributed by atoms with Crippen LogP contribution in [0.15, 0.2) is 29.7 Å². The summed E-state index contributed by atoms with van der Waals surface area (Å²) < 4.78 is 0. The van der Waals surface area contributed by atoms with Crippen molar-refractivity contribution in [1.82, 2.24) is 10.2 Å². The number of nitrogens with one attached hydrogen (secondary N) is 2. The van der Waals surface area contributed by atoms with E-state index in [0.29, 0.717) is 23.1 Å². The Morgan fingerprint density at radius 1 is 1.32 bits per heavy atom. The molecule has 132 valence electrons. The minimum absolute atomic E-state index is 0.0228. The van der Waals surface area contributed by atoms with Crippen LogP contribution < -0.4 is 11.1 Å². The summed E-state index contributed by atoms with van der Waals surface area (Å²) in [6.07, 6.45) is 4.44. The number of anilines is 1. The van der Waals surface area contributed by atoms with Crippen molar-refractivity contribution in [2.24, 2.45) is 5.92 Å². The van der Waals surface area contributed by atoms with Gasteiger partial charge in [0.2, 0.25) is 0 Å². The minimum atomic E-state index is -0.307. The molecule has 1 aromatic rings. The Kier molecular flexibility index (Phi) is 4.56. The maximum atomic E-state index is 12.6. The fourth-order valence-corrected chi connectivity index (χ4v) is 5.01. The number of piperidine rings is 3. The highest BCUT2D eigenvalue weighted by atomic mass is 32.2. The van der Waals surface area contributed by atoms with E-state index in [0.717, 1.165) is 43.8 Å². The van der Waals surface area contributed by atoms with E-state index in [2.05, 4.69) is 21.7 Å². The highest BCUT2D eigenvalue weighted by Crippen LogP contribution is 2.31. The predicted molar refractivity (Wildman–Crippen MR) is 103 cm³/mol. The van der Waals surface area contributed by atoms with Crippen LogP contribution in [0.4, 0.5) is 5.69 Å². The average Bonchev–Trinajstić information content (AvgIpc) is 3.17. The van der Waals surface area contributed by atoms with E-state index in [4.69, 9.17) is 11.1 Å². The van der Waals surface area contributed by atoms with Gasteiger partial charge in [-0.3, -0.25) is 10.2 Å². The Hall–Kier alpha value is -1.79. The van der Waals surface area contributed by atoms with Crippen LogP contribution in [0, 0.1) is 11.3 Å². The number of nitrogens with zero attached hydrogens (tertiary/aromatic N) is 1. The number of benzene rings is 1. The fourth-order valence-electron chi connectivity index (χ4n) is 4.09. The summed E-state index contributed by atoms with van der Waals surface area (Å²) in [5.41, 5.74) is 8.20. The predicted octanol–water partition coefficient (Wildman–Crippen LogP) is 2.19. The molecule has 0 saturated carbocycles. The second kappa shape index (κ2) is 6.84. The Balaban J connectivity index is 1.49. The van der Waals surface area contributed by atoms with Gasteiger partial charge in [0.05, 0.1) is 0 Å². The van der Waals surface area contributed by atoms with Gasteiger partial charge in [-0.15, -0.1) is 11.8 Å². The van der Waals surface area contributed by atoms with Crippen molar-refractivity contribution in [2.75, 3.05) is 31.1 Å². The lowest BCUT2D eigenvalue weighted by Gasteiger charge is -2.44. The summed E-state index contributed by atoms with van der Waals surface area (Å²) in [5, 5.41) is 13.6. The van der Waals surface area contributed by atoms with E-state index in [1.165, 1.54) is 0 Å². The van der Waals surface area contributed by atoms with Gasteiger partial charge in [0.25, 0.3) is 5.91 Å². The second-order valence-electron chi connectivity index (χ2n) is 7.21. The maximum Gasteiger partial charge on any atom is 0.270 e. The van der Waals surface area contributed by atoms with Gasteiger partial charge < -0.3 is 16.0 Å². The van der Waals surface area contributed by atoms with Crippen molar-refractivity contribution >= 4 is 29.1 Å². The van der Waals surface area contributed by atoms with Crippen LogP contribution in [0.1, 0.15) is 29.9 Å². The number of hydrogen-bond acceptors (Lipinski definition) is 5. The van der Waals surface area contributed by atoms with Crippen molar-refractivity contribution in [3.63, 3.8) is 0 Å². The van der Waals surface area contributed by atoms with Crippen LogP contribution in [-0.4, -0.2) is 47.9 Å². The molecule has 0 aromatic heterocycles. The Morgan fingerprint density at radius 2 is 2.12 bits per heavy atom. The van der Waals surface area contributed by atoms with Crippen LogP contribution in [-0.2, 0) is 4.79 Å². The topological polar surface area (TPSA) is 82.2 Å². The van der Waals surface area contributed by atoms with Crippen molar-refractivity contribution in [2.45, 2.75) is 24.8 Å². The van der Waals surface area contributed by atoms with Crippen LogP contribution in [0.5, 0.6) is 0 Å². The number of fused-ring (bicyclic) bond motifs is 3. The van der Waals surface area contributed by atoms with E-state index >= 15 is 0 Å². The van der Waals surface area contributed by atoms with Crippen LogP contribution >= 0.6 is 11.8 Å². The first kappa shape index (κ1) is 16.7. The van der Waals surface area contributed by atoms with Crippen LogP contribution in [0.3, 0.4) is 0 Å². The molecule has 4 heterocycles. The molecule has 25 heavy (non-hydrogen) atoms. The lowest BCUT2D eigenvalue weighted by atomic mass is 9.84. The molecule has 4 N–H and O–H groups in total. The van der Waals surface area contributed by atoms with Gasteiger partial charge in [-0.1, -0.05) is 12.1 Å². The number of nitrogens with two attached hydrogens (primary N) is 1. The molecular weight excluding hydrogens is 332 g/mol. The maximum absolute atomic E-state index is 12.6. The Bertz CT molecular complexity index is 724. The quantitative estimate of drug-likeness (QED) is 0.570. The number of carbonyl (C=O) groups excluding carboxylic acids is 1. The van der Waals surface area contributed by atoms with Crippen molar-refractivity contribution in [3.8, 4) is 0 Å². The molecule has 3 fully saturated rings. The molecule has 6 heteroatoms. The first-order valence-corrected chi connectivity index (χ1v) is 9.96. The lowest BCUT2D eigenvalue weighted by molar-refractivity contribution is -0.116. The first-order valence-electron chi connectivity index (χ1n) is 8.91. The number of nitrogen functional groups attached to an aromatic ring is 1. The molecular formula is C19H24N4OS. The van der Waals surface area contributed by atoms with E-state index in [-0.39, 0.29) is 17.7 Å². The zero-order valence-electron chi connectivity index (χ0n) is 14.2. The molecule has 0 aliphatic carbocycles. The van der Waals surface area contributed by atoms with Gasteiger partial charge in [-0.25, -0.2) is 0 Å². The fraction of sp³-hybridized carbons (Fsp3) is 0.474. The van der Waals surface area contributed by atoms with Crippen molar-refractivity contribution in [3.05, 3.63) is 40.8 Å². The van der Waals surface area contributed by atoms with Gasteiger partial charge in [-0.2, -0.15) is 0 Å². The molecule has 4 aliphatic rings. The molecule has 0 radical (unpaired) electrons. The van der Waals surface area contributed by atoms with Crippen LogP contribution in [0.25, 0.3) is 0 Å². The van der Waals surface area contributed by atoms with Crippen molar-refractivity contribution < 1.29 is 4.79 Å². The third-order valence-electron chi connectivity index (χ3n) is 5.66. The third-order valence-corrected chi connectivity index (χ3v) is 6.56. The second-order valence-corrected chi connectivity index (χ2v) is 8.15.